The van der Waals surface area contributed by atoms with Crippen LogP contribution in [-0.4, -0.2) is 55.0 Å². The minimum absolute atomic E-state index is 0.251. The minimum Gasteiger partial charge on any atom is -0.492 e. The van der Waals surface area contributed by atoms with Crippen molar-refractivity contribution in [2.75, 3.05) is 33.3 Å². The maximum absolute atomic E-state index is 12.6. The Morgan fingerprint density at radius 2 is 1.87 bits per heavy atom. The molecule has 0 saturated heterocycles. The van der Waals surface area contributed by atoms with Gasteiger partial charge in [-0.05, 0) is 38.9 Å². The van der Waals surface area contributed by atoms with Gasteiger partial charge in [0.2, 0.25) is 5.91 Å². The smallest absolute Gasteiger partial charge is 0.236 e. The number of rotatable bonds is 8. The molecule has 1 aliphatic rings. The average Bonchev–Trinajstić information content (AvgIpc) is 2.57. The maximum Gasteiger partial charge on any atom is 0.236 e. The number of likely N-dealkylation sites (N-methyl/N-ethyl adjacent to an activating group) is 2. The minimum atomic E-state index is 0.251. The number of carbonyl (C=O) groups is 1. The van der Waals surface area contributed by atoms with E-state index in [1.165, 1.54) is 32.1 Å². The summed E-state index contributed by atoms with van der Waals surface area (Å²) in [5.74, 6) is 1.13. The predicted octanol–water partition coefficient (Wildman–Crippen LogP) is 3.18. The zero-order chi connectivity index (χ0) is 16.5. The first-order chi connectivity index (χ1) is 11.2. The molecule has 4 heteroatoms. The summed E-state index contributed by atoms with van der Waals surface area (Å²) in [6, 6.07) is 10.3. The molecule has 0 radical (unpaired) electrons. The Kier molecular flexibility index (Phi) is 7.40. The topological polar surface area (TPSA) is 32.8 Å². The van der Waals surface area contributed by atoms with Gasteiger partial charge in [0.15, 0.2) is 0 Å². The molecule has 0 bridgehead atoms. The lowest BCUT2D eigenvalue weighted by atomic mass is 9.94. The van der Waals surface area contributed by atoms with E-state index in [1.54, 1.807) is 0 Å². The van der Waals surface area contributed by atoms with Crippen molar-refractivity contribution >= 4 is 5.91 Å². The molecule has 1 saturated carbocycles. The Labute approximate surface area is 140 Å². The van der Waals surface area contributed by atoms with Crippen LogP contribution in [-0.2, 0) is 4.79 Å². The molecule has 1 aromatic carbocycles. The number of para-hydroxylation sites is 1. The molecule has 0 heterocycles. The van der Waals surface area contributed by atoms with E-state index in [0.717, 1.165) is 18.8 Å². The van der Waals surface area contributed by atoms with Crippen LogP contribution in [0.5, 0.6) is 5.75 Å². The van der Waals surface area contributed by atoms with E-state index in [0.29, 0.717) is 19.2 Å². The van der Waals surface area contributed by atoms with Gasteiger partial charge < -0.3 is 9.64 Å². The second-order valence-electron chi connectivity index (χ2n) is 6.37. The van der Waals surface area contributed by atoms with Gasteiger partial charge in [-0.1, -0.05) is 37.5 Å². The Morgan fingerprint density at radius 3 is 2.52 bits per heavy atom. The summed E-state index contributed by atoms with van der Waals surface area (Å²) in [4.78, 5) is 16.7. The van der Waals surface area contributed by atoms with Gasteiger partial charge in [0.25, 0.3) is 0 Å². The first-order valence-corrected chi connectivity index (χ1v) is 8.86. The second-order valence-corrected chi connectivity index (χ2v) is 6.37. The lowest BCUT2D eigenvalue weighted by Gasteiger charge is -2.34. The summed E-state index contributed by atoms with van der Waals surface area (Å²) in [6.07, 6.45) is 6.17. The van der Waals surface area contributed by atoms with E-state index < -0.39 is 0 Å². The number of ether oxygens (including phenoxy) is 1. The zero-order valence-corrected chi connectivity index (χ0v) is 14.5. The molecule has 0 unspecified atom stereocenters. The monoisotopic (exact) mass is 318 g/mol. The Bertz CT molecular complexity index is 458. The van der Waals surface area contributed by atoms with Crippen LogP contribution in [0.3, 0.4) is 0 Å². The third-order valence-electron chi connectivity index (χ3n) is 4.57. The van der Waals surface area contributed by atoms with Crippen LogP contribution >= 0.6 is 0 Å². The van der Waals surface area contributed by atoms with E-state index in [2.05, 4.69) is 16.7 Å². The maximum atomic E-state index is 12.6. The Morgan fingerprint density at radius 1 is 1.17 bits per heavy atom. The van der Waals surface area contributed by atoms with Crippen LogP contribution in [0, 0.1) is 0 Å². The molecular formula is C19H30N2O2. The number of carbonyl (C=O) groups excluding carboxylic acids is 1. The van der Waals surface area contributed by atoms with Gasteiger partial charge in [0, 0.05) is 19.1 Å². The highest BCUT2D eigenvalue weighted by Crippen LogP contribution is 2.22. The average molecular weight is 318 g/mol. The highest BCUT2D eigenvalue weighted by molar-refractivity contribution is 5.78. The van der Waals surface area contributed by atoms with Crippen LogP contribution in [0.2, 0.25) is 0 Å². The van der Waals surface area contributed by atoms with Crippen molar-refractivity contribution in [3.8, 4) is 5.75 Å². The third-order valence-corrected chi connectivity index (χ3v) is 4.57. The molecule has 1 amide bonds. The summed E-state index contributed by atoms with van der Waals surface area (Å²) < 4.78 is 5.69. The van der Waals surface area contributed by atoms with Gasteiger partial charge in [-0.15, -0.1) is 0 Å². The second kappa shape index (κ2) is 9.56. The summed E-state index contributed by atoms with van der Waals surface area (Å²) in [5.41, 5.74) is 0. The quantitative estimate of drug-likeness (QED) is 0.738. The first-order valence-electron chi connectivity index (χ1n) is 8.86. The van der Waals surface area contributed by atoms with Gasteiger partial charge in [-0.2, -0.15) is 0 Å². The molecule has 0 spiro atoms. The van der Waals surface area contributed by atoms with Crippen molar-refractivity contribution in [3.05, 3.63) is 30.3 Å². The lowest BCUT2D eigenvalue weighted by Crippen LogP contribution is -2.46. The molecule has 0 aliphatic heterocycles. The highest BCUT2D eigenvalue weighted by Gasteiger charge is 2.24. The summed E-state index contributed by atoms with van der Waals surface area (Å²) in [7, 11) is 1.99. The molecule has 23 heavy (non-hydrogen) atoms. The van der Waals surface area contributed by atoms with Crippen molar-refractivity contribution < 1.29 is 9.53 Å². The van der Waals surface area contributed by atoms with Crippen LogP contribution < -0.4 is 4.74 Å². The first kappa shape index (κ1) is 17.8. The van der Waals surface area contributed by atoms with Crippen LogP contribution in [0.4, 0.5) is 0 Å². The highest BCUT2D eigenvalue weighted by atomic mass is 16.5. The van der Waals surface area contributed by atoms with E-state index in [9.17, 15) is 4.79 Å². The fraction of sp³-hybridized carbons (Fsp3) is 0.632. The SMILES string of the molecule is CCN(C(=O)CN(C)CCOc1ccccc1)C1CCCCC1. The number of benzene rings is 1. The molecule has 0 N–H and O–H groups in total. The van der Waals surface area contributed by atoms with E-state index in [1.807, 2.05) is 37.4 Å². The molecular weight excluding hydrogens is 288 g/mol. The van der Waals surface area contributed by atoms with Gasteiger partial charge in [-0.25, -0.2) is 0 Å². The summed E-state index contributed by atoms with van der Waals surface area (Å²) >= 11 is 0. The molecule has 0 aromatic heterocycles. The van der Waals surface area contributed by atoms with Crippen LogP contribution in [0.15, 0.2) is 30.3 Å². The summed E-state index contributed by atoms with van der Waals surface area (Å²) in [6.45, 7) is 4.73. The van der Waals surface area contributed by atoms with Crippen LogP contribution in [0.25, 0.3) is 0 Å². The van der Waals surface area contributed by atoms with Crippen molar-refractivity contribution in [2.45, 2.75) is 45.1 Å². The molecule has 4 nitrogen and oxygen atoms in total. The van der Waals surface area contributed by atoms with E-state index in [-0.39, 0.29) is 5.91 Å². The Balaban J connectivity index is 1.72. The standard InChI is InChI=1S/C19H30N2O2/c1-3-21(17-10-6-4-7-11-17)19(22)16-20(2)14-15-23-18-12-8-5-9-13-18/h5,8-9,12-13,17H,3-4,6-7,10-11,14-16H2,1-2H3. The lowest BCUT2D eigenvalue weighted by molar-refractivity contribution is -0.134. The molecule has 1 aliphatic carbocycles. The normalized spacial score (nSPS) is 15.6. The number of hydrogen-bond donors (Lipinski definition) is 0. The van der Waals surface area contributed by atoms with Gasteiger partial charge in [-0.3, -0.25) is 9.69 Å². The number of nitrogens with zero attached hydrogens (tertiary/aromatic N) is 2. The Hall–Kier alpha value is -1.55. The fourth-order valence-electron chi connectivity index (χ4n) is 3.27. The molecule has 1 fully saturated rings. The molecule has 2 rings (SSSR count). The molecule has 0 atom stereocenters. The zero-order valence-electron chi connectivity index (χ0n) is 14.5. The fourth-order valence-corrected chi connectivity index (χ4v) is 3.27. The van der Waals surface area contributed by atoms with E-state index in [4.69, 9.17) is 4.74 Å². The number of hydrogen-bond acceptors (Lipinski definition) is 3. The van der Waals surface area contributed by atoms with Crippen molar-refractivity contribution in [3.63, 3.8) is 0 Å². The van der Waals surface area contributed by atoms with Crippen LogP contribution in [0.1, 0.15) is 39.0 Å². The van der Waals surface area contributed by atoms with Gasteiger partial charge in [0.05, 0.1) is 6.54 Å². The number of amides is 1. The molecule has 1 aromatic rings. The predicted molar refractivity (Wildman–Crippen MR) is 93.7 cm³/mol. The van der Waals surface area contributed by atoms with Gasteiger partial charge in [0.1, 0.15) is 12.4 Å². The largest absolute Gasteiger partial charge is 0.492 e. The van der Waals surface area contributed by atoms with Crippen molar-refractivity contribution in [2.24, 2.45) is 0 Å². The van der Waals surface area contributed by atoms with Crippen molar-refractivity contribution in [1.29, 1.82) is 0 Å². The molecule has 128 valence electrons. The van der Waals surface area contributed by atoms with Gasteiger partial charge >= 0.3 is 0 Å². The third kappa shape index (κ3) is 5.87. The van der Waals surface area contributed by atoms with Crippen molar-refractivity contribution in [1.82, 2.24) is 9.80 Å². The summed E-state index contributed by atoms with van der Waals surface area (Å²) in [5, 5.41) is 0. The van der Waals surface area contributed by atoms with E-state index >= 15 is 0 Å².